The normalized spacial score (nSPS) is 16.2. The van der Waals surface area contributed by atoms with E-state index in [0.717, 1.165) is 22.4 Å². The number of hydrogen-bond acceptors (Lipinski definition) is 3. The molecule has 1 aliphatic heterocycles. The van der Waals surface area contributed by atoms with E-state index in [-0.39, 0.29) is 18.2 Å². The first-order chi connectivity index (χ1) is 11.8. The quantitative estimate of drug-likeness (QED) is 0.935. The number of ether oxygens (including phenoxy) is 1. The molecule has 2 amide bonds. The topological polar surface area (TPSA) is 58.6 Å². The van der Waals surface area contributed by atoms with Crippen LogP contribution in [0.2, 0.25) is 0 Å². The van der Waals surface area contributed by atoms with Crippen molar-refractivity contribution in [2.75, 3.05) is 17.3 Å². The van der Waals surface area contributed by atoms with Crippen LogP contribution in [0, 0.1) is 13.8 Å². The maximum atomic E-state index is 12.4. The fraction of sp³-hybridized carbons (Fsp3) is 0.300. The molecule has 1 aliphatic rings. The SMILES string of the molecule is Cc1ccc(C)c(NC(=O)Cc2ccc3c(c2)N(C)C(=O)C(C)O3)c1. The van der Waals surface area contributed by atoms with E-state index in [4.69, 9.17) is 4.74 Å². The lowest BCUT2D eigenvalue weighted by Crippen LogP contribution is -2.42. The second-order valence-electron chi connectivity index (χ2n) is 6.50. The third kappa shape index (κ3) is 3.50. The Hall–Kier alpha value is -2.82. The van der Waals surface area contributed by atoms with Gasteiger partial charge in [-0.05, 0) is 55.7 Å². The van der Waals surface area contributed by atoms with Gasteiger partial charge in [0.1, 0.15) is 5.75 Å². The van der Waals surface area contributed by atoms with E-state index >= 15 is 0 Å². The van der Waals surface area contributed by atoms with E-state index < -0.39 is 6.10 Å². The summed E-state index contributed by atoms with van der Waals surface area (Å²) >= 11 is 0. The minimum Gasteiger partial charge on any atom is -0.479 e. The molecule has 25 heavy (non-hydrogen) atoms. The Kier molecular flexibility index (Phi) is 4.49. The average molecular weight is 338 g/mol. The molecule has 130 valence electrons. The van der Waals surface area contributed by atoms with E-state index in [0.29, 0.717) is 11.4 Å². The molecule has 0 radical (unpaired) electrons. The van der Waals surface area contributed by atoms with Gasteiger partial charge in [-0.25, -0.2) is 0 Å². The second kappa shape index (κ2) is 6.59. The summed E-state index contributed by atoms with van der Waals surface area (Å²) in [7, 11) is 1.72. The van der Waals surface area contributed by atoms with E-state index in [9.17, 15) is 9.59 Å². The molecule has 0 saturated heterocycles. The summed E-state index contributed by atoms with van der Waals surface area (Å²) in [6.07, 6.45) is -0.255. The van der Waals surface area contributed by atoms with Crippen molar-refractivity contribution < 1.29 is 14.3 Å². The summed E-state index contributed by atoms with van der Waals surface area (Å²) in [5.74, 6) is 0.477. The number of fused-ring (bicyclic) bond motifs is 1. The maximum absolute atomic E-state index is 12.4. The van der Waals surface area contributed by atoms with Gasteiger partial charge in [-0.2, -0.15) is 0 Å². The van der Waals surface area contributed by atoms with Crippen molar-refractivity contribution >= 4 is 23.2 Å². The smallest absolute Gasteiger partial charge is 0.267 e. The molecule has 3 rings (SSSR count). The van der Waals surface area contributed by atoms with Gasteiger partial charge in [0.25, 0.3) is 5.91 Å². The van der Waals surface area contributed by atoms with Crippen LogP contribution in [0.1, 0.15) is 23.6 Å². The van der Waals surface area contributed by atoms with Crippen molar-refractivity contribution in [1.82, 2.24) is 0 Å². The van der Waals surface area contributed by atoms with Crippen LogP contribution in [0.15, 0.2) is 36.4 Å². The van der Waals surface area contributed by atoms with Gasteiger partial charge in [-0.1, -0.05) is 18.2 Å². The van der Waals surface area contributed by atoms with E-state index in [1.54, 1.807) is 18.9 Å². The molecule has 2 aromatic carbocycles. The van der Waals surface area contributed by atoms with Gasteiger partial charge in [-0.15, -0.1) is 0 Å². The molecule has 1 heterocycles. The number of likely N-dealkylation sites (N-methyl/N-ethyl adjacent to an activating group) is 1. The van der Waals surface area contributed by atoms with E-state index in [1.807, 2.05) is 50.2 Å². The molecule has 0 spiro atoms. The maximum Gasteiger partial charge on any atom is 0.267 e. The molecule has 1 N–H and O–H groups in total. The number of hydrogen-bond donors (Lipinski definition) is 1. The number of anilines is 2. The molecular formula is C20H22N2O3. The number of amides is 2. The zero-order chi connectivity index (χ0) is 18.1. The molecule has 0 bridgehead atoms. The number of aryl methyl sites for hydroxylation is 2. The highest BCUT2D eigenvalue weighted by Gasteiger charge is 2.29. The first-order valence-electron chi connectivity index (χ1n) is 8.29. The van der Waals surface area contributed by atoms with Gasteiger partial charge in [0.2, 0.25) is 5.91 Å². The van der Waals surface area contributed by atoms with Gasteiger partial charge in [-0.3, -0.25) is 9.59 Å². The minimum absolute atomic E-state index is 0.0901. The standard InChI is InChI=1S/C20H22N2O3/c1-12-5-6-13(2)16(9-12)21-19(23)11-15-7-8-18-17(10-15)22(4)20(24)14(3)25-18/h5-10,14H,11H2,1-4H3,(H,21,23). The Morgan fingerprint density at radius 1 is 1.20 bits per heavy atom. The summed E-state index contributed by atoms with van der Waals surface area (Å²) in [6.45, 7) is 5.69. The third-order valence-corrected chi connectivity index (χ3v) is 4.40. The first-order valence-corrected chi connectivity index (χ1v) is 8.29. The molecule has 0 saturated carbocycles. The molecule has 0 aromatic heterocycles. The summed E-state index contributed by atoms with van der Waals surface area (Å²) in [4.78, 5) is 26.0. The molecule has 5 heteroatoms. The van der Waals surface area contributed by atoms with Crippen LogP contribution in [0.5, 0.6) is 5.75 Å². The van der Waals surface area contributed by atoms with Crippen LogP contribution < -0.4 is 15.0 Å². The fourth-order valence-electron chi connectivity index (χ4n) is 2.92. The lowest BCUT2D eigenvalue weighted by molar-refractivity contribution is -0.125. The average Bonchev–Trinajstić information content (AvgIpc) is 2.57. The lowest BCUT2D eigenvalue weighted by atomic mass is 10.1. The number of carbonyl (C=O) groups excluding carboxylic acids is 2. The molecule has 0 fully saturated rings. The van der Waals surface area contributed by atoms with Gasteiger partial charge < -0.3 is 15.0 Å². The van der Waals surface area contributed by atoms with Gasteiger partial charge in [0, 0.05) is 12.7 Å². The third-order valence-electron chi connectivity index (χ3n) is 4.40. The Bertz CT molecular complexity index is 845. The summed E-state index contributed by atoms with van der Waals surface area (Å²) in [6, 6.07) is 11.5. The number of benzene rings is 2. The Morgan fingerprint density at radius 3 is 2.72 bits per heavy atom. The summed E-state index contributed by atoms with van der Waals surface area (Å²) in [5, 5.41) is 2.96. The molecular weight excluding hydrogens is 316 g/mol. The highest BCUT2D eigenvalue weighted by molar-refractivity contribution is 5.99. The molecule has 1 atom stereocenters. The van der Waals surface area contributed by atoms with Gasteiger partial charge in [0.05, 0.1) is 12.1 Å². The van der Waals surface area contributed by atoms with Crippen molar-refractivity contribution in [1.29, 1.82) is 0 Å². The molecule has 0 aliphatic carbocycles. The fourth-order valence-corrected chi connectivity index (χ4v) is 2.92. The van der Waals surface area contributed by atoms with E-state index in [1.165, 1.54) is 0 Å². The van der Waals surface area contributed by atoms with Gasteiger partial charge >= 0.3 is 0 Å². The van der Waals surface area contributed by atoms with Crippen molar-refractivity contribution in [3.8, 4) is 5.75 Å². The van der Waals surface area contributed by atoms with Crippen LogP contribution in [-0.4, -0.2) is 25.0 Å². The van der Waals surface area contributed by atoms with E-state index in [2.05, 4.69) is 5.32 Å². The summed E-state index contributed by atoms with van der Waals surface area (Å²) in [5.41, 5.74) is 4.48. The van der Waals surface area contributed by atoms with Crippen molar-refractivity contribution in [3.05, 3.63) is 53.1 Å². The van der Waals surface area contributed by atoms with Crippen LogP contribution in [0.3, 0.4) is 0 Å². The molecule has 1 unspecified atom stereocenters. The number of carbonyl (C=O) groups is 2. The highest BCUT2D eigenvalue weighted by Crippen LogP contribution is 2.34. The predicted octanol–water partition coefficient (Wildman–Crippen LogP) is 3.23. The first kappa shape index (κ1) is 17.0. The van der Waals surface area contributed by atoms with Crippen molar-refractivity contribution in [3.63, 3.8) is 0 Å². The zero-order valence-electron chi connectivity index (χ0n) is 14.9. The Labute approximate surface area is 147 Å². The predicted molar refractivity (Wildman–Crippen MR) is 98.2 cm³/mol. The van der Waals surface area contributed by atoms with Crippen LogP contribution in [0.4, 0.5) is 11.4 Å². The number of rotatable bonds is 3. The Balaban J connectivity index is 1.76. The largest absolute Gasteiger partial charge is 0.479 e. The monoisotopic (exact) mass is 338 g/mol. The highest BCUT2D eigenvalue weighted by atomic mass is 16.5. The van der Waals surface area contributed by atoms with Gasteiger partial charge in [0.15, 0.2) is 6.10 Å². The number of nitrogens with zero attached hydrogens (tertiary/aromatic N) is 1. The number of nitrogens with one attached hydrogen (secondary N) is 1. The molecule has 2 aromatic rings. The molecule has 5 nitrogen and oxygen atoms in total. The second-order valence-corrected chi connectivity index (χ2v) is 6.50. The van der Waals surface area contributed by atoms with Crippen LogP contribution in [0.25, 0.3) is 0 Å². The Morgan fingerprint density at radius 2 is 1.96 bits per heavy atom. The lowest BCUT2D eigenvalue weighted by Gasteiger charge is -2.30. The minimum atomic E-state index is -0.490. The summed E-state index contributed by atoms with van der Waals surface area (Å²) < 4.78 is 5.61. The zero-order valence-corrected chi connectivity index (χ0v) is 14.9. The van der Waals surface area contributed by atoms with Crippen LogP contribution >= 0.6 is 0 Å². The van der Waals surface area contributed by atoms with Crippen molar-refractivity contribution in [2.24, 2.45) is 0 Å². The van der Waals surface area contributed by atoms with Crippen molar-refractivity contribution in [2.45, 2.75) is 33.3 Å². The van der Waals surface area contributed by atoms with Crippen LogP contribution in [-0.2, 0) is 16.0 Å².